The average molecular weight is 308 g/mol. The SMILES string of the molecule is CCCN(CCC)CCc1ccc(OC)c2[nH]c(=O)sc12. The summed E-state index contributed by atoms with van der Waals surface area (Å²) in [4.78, 5) is 17.0. The normalized spacial score (nSPS) is 11.4. The molecule has 1 heterocycles. The highest BCUT2D eigenvalue weighted by Gasteiger charge is 2.11. The van der Waals surface area contributed by atoms with Crippen LogP contribution in [0.5, 0.6) is 5.75 Å². The molecule has 0 unspecified atom stereocenters. The molecule has 0 spiro atoms. The first-order valence-electron chi connectivity index (χ1n) is 7.60. The maximum Gasteiger partial charge on any atom is 0.305 e. The molecule has 2 rings (SSSR count). The fourth-order valence-electron chi connectivity index (χ4n) is 2.68. The van der Waals surface area contributed by atoms with Gasteiger partial charge in [-0.1, -0.05) is 31.3 Å². The number of hydrogen-bond acceptors (Lipinski definition) is 4. The molecule has 1 aromatic carbocycles. The van der Waals surface area contributed by atoms with E-state index in [0.29, 0.717) is 0 Å². The molecule has 2 aromatic rings. The van der Waals surface area contributed by atoms with E-state index in [4.69, 9.17) is 4.74 Å². The summed E-state index contributed by atoms with van der Waals surface area (Å²) >= 11 is 1.28. The molecule has 5 heteroatoms. The van der Waals surface area contributed by atoms with Crippen LogP contribution in [0.15, 0.2) is 16.9 Å². The number of rotatable bonds is 8. The van der Waals surface area contributed by atoms with Crippen molar-refractivity contribution in [2.24, 2.45) is 0 Å². The lowest BCUT2D eigenvalue weighted by Crippen LogP contribution is -2.27. The van der Waals surface area contributed by atoms with Gasteiger partial charge in [0.1, 0.15) is 11.3 Å². The Kier molecular flexibility index (Phi) is 5.82. The number of nitrogens with zero attached hydrogens (tertiary/aromatic N) is 1. The van der Waals surface area contributed by atoms with Gasteiger partial charge in [0, 0.05) is 6.54 Å². The molecule has 0 atom stereocenters. The largest absolute Gasteiger partial charge is 0.495 e. The second-order valence-corrected chi connectivity index (χ2v) is 6.22. The van der Waals surface area contributed by atoms with Gasteiger partial charge < -0.3 is 14.6 Å². The van der Waals surface area contributed by atoms with E-state index in [2.05, 4.69) is 29.8 Å². The monoisotopic (exact) mass is 308 g/mol. The Bertz CT molecular complexity index is 627. The number of methoxy groups -OCH3 is 1. The standard InChI is InChI=1S/C16H24N2O2S/c1-4-9-18(10-5-2)11-8-12-6-7-13(20-3)14-15(12)21-16(19)17-14/h6-7H,4-5,8-11H2,1-3H3,(H,17,19). The summed E-state index contributed by atoms with van der Waals surface area (Å²) in [5.74, 6) is 0.742. The van der Waals surface area contributed by atoms with Crippen LogP contribution in [0, 0.1) is 0 Å². The Labute approximate surface area is 129 Å². The van der Waals surface area contributed by atoms with Gasteiger partial charge in [0.15, 0.2) is 0 Å². The van der Waals surface area contributed by atoms with Crippen molar-refractivity contribution in [3.63, 3.8) is 0 Å². The first kappa shape index (κ1) is 16.0. The van der Waals surface area contributed by atoms with Crippen LogP contribution < -0.4 is 9.61 Å². The number of fused-ring (bicyclic) bond motifs is 1. The Hall–Kier alpha value is -1.33. The lowest BCUT2D eigenvalue weighted by molar-refractivity contribution is 0.278. The fourth-order valence-corrected chi connectivity index (χ4v) is 3.57. The minimum Gasteiger partial charge on any atom is -0.495 e. The quantitative estimate of drug-likeness (QED) is 0.814. The predicted octanol–water partition coefficient (Wildman–Crippen LogP) is 3.26. The highest BCUT2D eigenvalue weighted by atomic mass is 32.1. The summed E-state index contributed by atoms with van der Waals surface area (Å²) in [5, 5.41) is 0. The Morgan fingerprint density at radius 2 is 1.90 bits per heavy atom. The van der Waals surface area contributed by atoms with Crippen molar-refractivity contribution in [3.05, 3.63) is 27.4 Å². The molecule has 0 saturated carbocycles. The van der Waals surface area contributed by atoms with Crippen LogP contribution in [-0.2, 0) is 6.42 Å². The third-order valence-electron chi connectivity index (χ3n) is 3.62. The molecule has 4 nitrogen and oxygen atoms in total. The van der Waals surface area contributed by atoms with Gasteiger partial charge in [-0.25, -0.2) is 0 Å². The second-order valence-electron chi connectivity index (χ2n) is 5.24. The summed E-state index contributed by atoms with van der Waals surface area (Å²) in [6.07, 6.45) is 3.32. The number of nitrogens with one attached hydrogen (secondary N) is 1. The summed E-state index contributed by atoms with van der Waals surface area (Å²) in [6, 6.07) is 4.03. The van der Waals surface area contributed by atoms with Crippen LogP contribution in [0.25, 0.3) is 10.2 Å². The number of H-pyrrole nitrogens is 1. The van der Waals surface area contributed by atoms with Crippen LogP contribution in [-0.4, -0.2) is 36.6 Å². The van der Waals surface area contributed by atoms with Crippen molar-refractivity contribution >= 4 is 21.6 Å². The van der Waals surface area contributed by atoms with Gasteiger partial charge in [-0.05, 0) is 44.0 Å². The smallest absolute Gasteiger partial charge is 0.305 e. The zero-order chi connectivity index (χ0) is 15.2. The van der Waals surface area contributed by atoms with Gasteiger partial charge in [-0.2, -0.15) is 0 Å². The number of aromatic amines is 1. The van der Waals surface area contributed by atoms with Gasteiger partial charge >= 0.3 is 4.87 Å². The highest BCUT2D eigenvalue weighted by molar-refractivity contribution is 7.16. The van der Waals surface area contributed by atoms with Crippen LogP contribution >= 0.6 is 11.3 Å². The summed E-state index contributed by atoms with van der Waals surface area (Å²) in [6.45, 7) is 7.74. The Morgan fingerprint density at radius 1 is 1.19 bits per heavy atom. The van der Waals surface area contributed by atoms with Crippen LogP contribution in [0.2, 0.25) is 0 Å². The third kappa shape index (κ3) is 3.86. The van der Waals surface area contributed by atoms with E-state index < -0.39 is 0 Å². The molecule has 0 aliphatic rings. The van der Waals surface area contributed by atoms with Gasteiger partial charge in [-0.15, -0.1) is 0 Å². The van der Waals surface area contributed by atoms with E-state index in [1.54, 1.807) is 7.11 Å². The molecule has 0 saturated heterocycles. The van der Waals surface area contributed by atoms with Crippen molar-refractivity contribution in [3.8, 4) is 5.75 Å². The fraction of sp³-hybridized carbons (Fsp3) is 0.562. The van der Waals surface area contributed by atoms with Gasteiger partial charge in [-0.3, -0.25) is 4.79 Å². The number of hydrogen-bond donors (Lipinski definition) is 1. The Morgan fingerprint density at radius 3 is 2.52 bits per heavy atom. The van der Waals surface area contributed by atoms with Crippen LogP contribution in [0.1, 0.15) is 32.3 Å². The zero-order valence-corrected chi connectivity index (χ0v) is 13.9. The van der Waals surface area contributed by atoms with E-state index in [-0.39, 0.29) is 4.87 Å². The Balaban J connectivity index is 2.20. The first-order chi connectivity index (χ1) is 10.2. The topological polar surface area (TPSA) is 45.3 Å². The molecule has 1 aromatic heterocycles. The van der Waals surface area contributed by atoms with Crippen molar-refractivity contribution in [2.75, 3.05) is 26.7 Å². The maximum atomic E-state index is 11.6. The van der Waals surface area contributed by atoms with E-state index in [0.717, 1.165) is 42.0 Å². The van der Waals surface area contributed by atoms with Crippen molar-refractivity contribution < 1.29 is 4.74 Å². The van der Waals surface area contributed by atoms with E-state index in [1.807, 2.05) is 6.07 Å². The minimum absolute atomic E-state index is 0.0188. The van der Waals surface area contributed by atoms with E-state index >= 15 is 0 Å². The molecule has 0 radical (unpaired) electrons. The average Bonchev–Trinajstić information content (AvgIpc) is 2.86. The van der Waals surface area contributed by atoms with Crippen molar-refractivity contribution in [1.82, 2.24) is 9.88 Å². The van der Waals surface area contributed by atoms with Crippen molar-refractivity contribution in [1.29, 1.82) is 0 Å². The molecule has 0 fully saturated rings. The predicted molar refractivity (Wildman–Crippen MR) is 89.7 cm³/mol. The summed E-state index contributed by atoms with van der Waals surface area (Å²) < 4.78 is 6.36. The molecule has 0 bridgehead atoms. The summed E-state index contributed by atoms with van der Waals surface area (Å²) in [5.41, 5.74) is 2.06. The summed E-state index contributed by atoms with van der Waals surface area (Å²) in [7, 11) is 1.63. The van der Waals surface area contributed by atoms with Gasteiger partial charge in [0.25, 0.3) is 0 Å². The molecule has 21 heavy (non-hydrogen) atoms. The molecule has 0 aliphatic carbocycles. The highest BCUT2D eigenvalue weighted by Crippen LogP contribution is 2.28. The lowest BCUT2D eigenvalue weighted by atomic mass is 10.1. The molecule has 1 N–H and O–H groups in total. The third-order valence-corrected chi connectivity index (χ3v) is 4.58. The van der Waals surface area contributed by atoms with Crippen LogP contribution in [0.4, 0.5) is 0 Å². The molecular weight excluding hydrogens is 284 g/mol. The first-order valence-corrected chi connectivity index (χ1v) is 8.42. The molecule has 116 valence electrons. The van der Waals surface area contributed by atoms with Crippen molar-refractivity contribution in [2.45, 2.75) is 33.1 Å². The van der Waals surface area contributed by atoms with Gasteiger partial charge in [0.2, 0.25) is 0 Å². The molecule has 0 amide bonds. The van der Waals surface area contributed by atoms with Gasteiger partial charge in [0.05, 0.1) is 11.8 Å². The number of benzene rings is 1. The number of ether oxygens (including phenoxy) is 1. The van der Waals surface area contributed by atoms with Crippen LogP contribution in [0.3, 0.4) is 0 Å². The maximum absolute atomic E-state index is 11.6. The van der Waals surface area contributed by atoms with E-state index in [1.165, 1.54) is 29.7 Å². The molecule has 0 aliphatic heterocycles. The number of thiazole rings is 1. The molecular formula is C16H24N2O2S. The zero-order valence-electron chi connectivity index (χ0n) is 13.1. The second kappa shape index (κ2) is 7.61. The lowest BCUT2D eigenvalue weighted by Gasteiger charge is -2.21. The number of aromatic nitrogens is 1. The van der Waals surface area contributed by atoms with E-state index in [9.17, 15) is 4.79 Å². The minimum atomic E-state index is -0.0188.